The van der Waals surface area contributed by atoms with Crippen LogP contribution in [0.25, 0.3) is 0 Å². The number of amides is 1. The Bertz CT molecular complexity index is 974. The van der Waals surface area contributed by atoms with Crippen molar-refractivity contribution >= 4 is 18.0 Å². The topological polar surface area (TPSA) is 91.4 Å². The van der Waals surface area contributed by atoms with Crippen LogP contribution in [0.3, 0.4) is 0 Å². The van der Waals surface area contributed by atoms with Crippen molar-refractivity contribution < 1.29 is 33.3 Å². The number of rotatable bonds is 3. The predicted octanol–water partition coefficient (Wildman–Crippen LogP) is 4.95. The van der Waals surface area contributed by atoms with Crippen molar-refractivity contribution in [1.82, 2.24) is 4.90 Å². The SMILES string of the molecule is C[C@H]1CC(=O)O[C@H]([C@@H]2O[C@]3(C[C@H]2OC(=O)c2ccccc2)[C@H](C)C[C@H](C)CN3C(=O)OC(C)(C)C)C1. The van der Waals surface area contributed by atoms with Crippen LogP contribution < -0.4 is 0 Å². The number of ether oxygens (including phenoxy) is 4. The molecule has 3 aliphatic heterocycles. The van der Waals surface area contributed by atoms with E-state index in [1.54, 1.807) is 29.2 Å². The zero-order valence-electron chi connectivity index (χ0n) is 22.2. The summed E-state index contributed by atoms with van der Waals surface area (Å²) in [6.07, 6.45) is -0.335. The van der Waals surface area contributed by atoms with Gasteiger partial charge in [-0.05, 0) is 57.6 Å². The molecule has 198 valence electrons. The lowest BCUT2D eigenvalue weighted by atomic mass is 9.80. The van der Waals surface area contributed by atoms with Crippen LogP contribution in [0.4, 0.5) is 4.79 Å². The Kier molecular flexibility index (Phi) is 7.37. The predicted molar refractivity (Wildman–Crippen MR) is 132 cm³/mol. The lowest BCUT2D eigenvalue weighted by molar-refractivity contribution is -0.218. The van der Waals surface area contributed by atoms with E-state index in [2.05, 4.69) is 13.8 Å². The van der Waals surface area contributed by atoms with Crippen LogP contribution in [0, 0.1) is 17.8 Å². The Morgan fingerprint density at radius 2 is 1.75 bits per heavy atom. The van der Waals surface area contributed by atoms with Gasteiger partial charge in [0.15, 0.2) is 5.72 Å². The summed E-state index contributed by atoms with van der Waals surface area (Å²) in [5.41, 5.74) is -1.28. The van der Waals surface area contributed by atoms with Gasteiger partial charge in [-0.3, -0.25) is 9.69 Å². The van der Waals surface area contributed by atoms with Gasteiger partial charge in [-0.15, -0.1) is 0 Å². The van der Waals surface area contributed by atoms with E-state index < -0.39 is 41.7 Å². The van der Waals surface area contributed by atoms with Crippen molar-refractivity contribution in [3.63, 3.8) is 0 Å². The monoisotopic (exact) mass is 501 g/mol. The van der Waals surface area contributed by atoms with Crippen molar-refractivity contribution in [2.75, 3.05) is 6.54 Å². The average Bonchev–Trinajstić information content (AvgIpc) is 3.15. The van der Waals surface area contributed by atoms with Gasteiger partial charge in [0.1, 0.15) is 23.9 Å². The first-order valence-corrected chi connectivity index (χ1v) is 13.0. The Balaban J connectivity index is 1.68. The van der Waals surface area contributed by atoms with Gasteiger partial charge in [0, 0.05) is 25.3 Å². The number of esters is 2. The van der Waals surface area contributed by atoms with Gasteiger partial charge in [0.2, 0.25) is 0 Å². The van der Waals surface area contributed by atoms with E-state index in [0.29, 0.717) is 24.9 Å². The van der Waals surface area contributed by atoms with E-state index >= 15 is 0 Å². The van der Waals surface area contributed by atoms with Gasteiger partial charge in [0.25, 0.3) is 0 Å². The molecular formula is C28H39NO7. The number of likely N-dealkylation sites (tertiary alicyclic amines) is 1. The summed E-state index contributed by atoms with van der Waals surface area (Å²) < 4.78 is 24.3. The number of cyclic esters (lactones) is 1. The highest BCUT2D eigenvalue weighted by Crippen LogP contribution is 2.49. The number of hydrogen-bond donors (Lipinski definition) is 0. The van der Waals surface area contributed by atoms with Gasteiger partial charge in [-0.25, -0.2) is 9.59 Å². The van der Waals surface area contributed by atoms with Crippen LogP contribution in [0.1, 0.15) is 77.6 Å². The average molecular weight is 502 g/mol. The van der Waals surface area contributed by atoms with Gasteiger partial charge in [0.05, 0.1) is 5.56 Å². The molecule has 3 fully saturated rings. The molecule has 7 atom stereocenters. The molecule has 0 bridgehead atoms. The van der Waals surface area contributed by atoms with Gasteiger partial charge in [-0.2, -0.15) is 0 Å². The van der Waals surface area contributed by atoms with Crippen molar-refractivity contribution in [1.29, 1.82) is 0 Å². The standard InChI is InChI=1S/C28H39NO7/c1-17-13-21(33-23(30)14-17)24-22(34-25(31)20-10-8-7-9-11-20)15-28(35-24)19(3)12-18(2)16-29(28)26(32)36-27(4,5)6/h7-11,17-19,21-22,24H,12-16H2,1-6H3/t17-,18+,19-,21+,22-,24+,28-/m1/s1. The molecule has 1 spiro atoms. The number of hydrogen-bond acceptors (Lipinski definition) is 7. The van der Waals surface area contributed by atoms with E-state index in [4.69, 9.17) is 18.9 Å². The van der Waals surface area contributed by atoms with E-state index in [0.717, 1.165) is 6.42 Å². The van der Waals surface area contributed by atoms with Crippen LogP contribution in [0.15, 0.2) is 30.3 Å². The largest absolute Gasteiger partial charge is 0.459 e. The fourth-order valence-corrected chi connectivity index (χ4v) is 5.83. The summed E-state index contributed by atoms with van der Waals surface area (Å²) in [5.74, 6) is -0.437. The summed E-state index contributed by atoms with van der Waals surface area (Å²) in [5, 5.41) is 0. The molecule has 4 rings (SSSR count). The Morgan fingerprint density at radius 1 is 1.06 bits per heavy atom. The van der Waals surface area contributed by atoms with Crippen LogP contribution in [-0.2, 0) is 23.7 Å². The molecule has 0 N–H and O–H groups in total. The Labute approximate surface area is 213 Å². The first-order chi connectivity index (χ1) is 16.9. The first-order valence-electron chi connectivity index (χ1n) is 13.0. The second-order valence-electron chi connectivity index (χ2n) is 11.8. The molecule has 36 heavy (non-hydrogen) atoms. The number of carbonyl (C=O) groups excluding carboxylic acids is 3. The third-order valence-electron chi connectivity index (χ3n) is 7.36. The number of benzene rings is 1. The minimum Gasteiger partial charge on any atom is -0.459 e. The maximum absolute atomic E-state index is 13.4. The second kappa shape index (κ2) is 10.0. The van der Waals surface area contributed by atoms with Gasteiger partial charge < -0.3 is 18.9 Å². The van der Waals surface area contributed by atoms with Crippen molar-refractivity contribution in [3.8, 4) is 0 Å². The summed E-state index contributed by atoms with van der Waals surface area (Å²) in [7, 11) is 0. The lowest BCUT2D eigenvalue weighted by Crippen LogP contribution is -2.61. The molecule has 1 aromatic rings. The van der Waals surface area contributed by atoms with E-state index in [1.807, 2.05) is 33.8 Å². The number of nitrogens with zero attached hydrogens (tertiary/aromatic N) is 1. The fraction of sp³-hybridized carbons (Fsp3) is 0.679. The zero-order valence-corrected chi connectivity index (χ0v) is 22.2. The summed E-state index contributed by atoms with van der Waals surface area (Å²) in [6, 6.07) is 8.78. The molecule has 3 aliphatic rings. The quantitative estimate of drug-likeness (QED) is 0.427. The maximum Gasteiger partial charge on any atom is 0.412 e. The molecule has 3 heterocycles. The molecule has 1 amide bonds. The smallest absolute Gasteiger partial charge is 0.412 e. The third kappa shape index (κ3) is 5.53. The zero-order chi connectivity index (χ0) is 26.3. The van der Waals surface area contributed by atoms with E-state index in [9.17, 15) is 14.4 Å². The normalized spacial score (nSPS) is 34.8. The van der Waals surface area contributed by atoms with Crippen molar-refractivity contribution in [2.24, 2.45) is 17.8 Å². The molecule has 0 radical (unpaired) electrons. The summed E-state index contributed by atoms with van der Waals surface area (Å²) in [6.45, 7) is 12.1. The summed E-state index contributed by atoms with van der Waals surface area (Å²) >= 11 is 0. The van der Waals surface area contributed by atoms with Crippen LogP contribution >= 0.6 is 0 Å². The second-order valence-corrected chi connectivity index (χ2v) is 11.8. The van der Waals surface area contributed by atoms with E-state index in [1.165, 1.54) is 0 Å². The van der Waals surface area contributed by atoms with Crippen LogP contribution in [-0.4, -0.2) is 59.1 Å². The van der Waals surface area contributed by atoms with Crippen molar-refractivity contribution in [2.45, 2.75) is 96.9 Å². The highest BCUT2D eigenvalue weighted by atomic mass is 16.6. The molecular weight excluding hydrogens is 462 g/mol. The van der Waals surface area contributed by atoms with Crippen LogP contribution in [0.2, 0.25) is 0 Å². The van der Waals surface area contributed by atoms with Crippen LogP contribution in [0.5, 0.6) is 0 Å². The lowest BCUT2D eigenvalue weighted by Gasteiger charge is -2.50. The highest BCUT2D eigenvalue weighted by molar-refractivity contribution is 5.89. The summed E-state index contributed by atoms with van der Waals surface area (Å²) in [4.78, 5) is 40.5. The van der Waals surface area contributed by atoms with Gasteiger partial charge >= 0.3 is 18.0 Å². The van der Waals surface area contributed by atoms with E-state index in [-0.39, 0.29) is 30.1 Å². The first kappa shape index (κ1) is 26.5. The molecule has 0 unspecified atom stereocenters. The fourth-order valence-electron chi connectivity index (χ4n) is 5.83. The van der Waals surface area contributed by atoms with Crippen molar-refractivity contribution in [3.05, 3.63) is 35.9 Å². The molecule has 1 aromatic carbocycles. The molecule has 8 heteroatoms. The molecule has 0 aromatic heterocycles. The molecule has 0 saturated carbocycles. The highest BCUT2D eigenvalue weighted by Gasteiger charge is 2.61. The Morgan fingerprint density at radius 3 is 2.39 bits per heavy atom. The molecule has 3 saturated heterocycles. The minimum atomic E-state index is -1.03. The third-order valence-corrected chi connectivity index (χ3v) is 7.36. The van der Waals surface area contributed by atoms with Gasteiger partial charge in [-0.1, -0.05) is 39.0 Å². The molecule has 0 aliphatic carbocycles. The minimum absolute atomic E-state index is 0.0478. The number of piperidine rings is 1. The Hall–Kier alpha value is -2.61. The number of carbonyl (C=O) groups is 3. The molecule has 8 nitrogen and oxygen atoms in total. The maximum atomic E-state index is 13.4.